The fraction of sp³-hybridized carbons (Fsp3) is 0.692. The van der Waals surface area contributed by atoms with Crippen LogP contribution in [0.3, 0.4) is 0 Å². The zero-order valence-electron chi connectivity index (χ0n) is 11.4. The van der Waals surface area contributed by atoms with Crippen molar-refractivity contribution in [2.45, 2.75) is 39.7 Å². The Kier molecular flexibility index (Phi) is 4.72. The number of allylic oxidation sites excluding steroid dienone is 1. The van der Waals surface area contributed by atoms with Gasteiger partial charge in [0.2, 0.25) is 5.13 Å². The maximum absolute atomic E-state index is 4.12. The Labute approximate surface area is 113 Å². The molecule has 0 atom stereocenters. The van der Waals surface area contributed by atoms with E-state index in [2.05, 4.69) is 40.3 Å². The predicted molar refractivity (Wildman–Crippen MR) is 77.2 cm³/mol. The van der Waals surface area contributed by atoms with Gasteiger partial charge in [0, 0.05) is 25.7 Å². The van der Waals surface area contributed by atoms with Crippen LogP contribution in [0.2, 0.25) is 0 Å². The second-order valence-corrected chi connectivity index (χ2v) is 6.31. The molecule has 0 amide bonds. The smallest absolute Gasteiger partial charge is 0.205 e. The average Bonchev–Trinajstić information content (AvgIpc) is 2.74. The standard InChI is InChI=1S/C13H22N4S/c1-10(2)4-7-17-8-5-12(6-9-17)14-13-16-15-11(3)18-13/h4,12H,5-9H2,1-3H3,(H,14,16). The van der Waals surface area contributed by atoms with E-state index in [9.17, 15) is 0 Å². The maximum Gasteiger partial charge on any atom is 0.205 e. The van der Waals surface area contributed by atoms with Crippen molar-refractivity contribution >= 4 is 16.5 Å². The molecule has 1 aliphatic heterocycles. The van der Waals surface area contributed by atoms with E-state index in [1.165, 1.54) is 31.5 Å². The number of hydrogen-bond donors (Lipinski definition) is 1. The lowest BCUT2D eigenvalue weighted by atomic mass is 10.1. The molecule has 0 spiro atoms. The van der Waals surface area contributed by atoms with Crippen LogP contribution in [0.5, 0.6) is 0 Å². The lowest BCUT2D eigenvalue weighted by molar-refractivity contribution is 0.240. The molecule has 1 aromatic rings. The van der Waals surface area contributed by atoms with Gasteiger partial charge >= 0.3 is 0 Å². The van der Waals surface area contributed by atoms with Crippen LogP contribution < -0.4 is 5.32 Å². The summed E-state index contributed by atoms with van der Waals surface area (Å²) in [4.78, 5) is 2.51. The highest BCUT2D eigenvalue weighted by atomic mass is 32.1. The Balaban J connectivity index is 1.75. The molecule has 2 heterocycles. The molecule has 0 aromatic carbocycles. The number of aryl methyl sites for hydroxylation is 1. The number of hydrogen-bond acceptors (Lipinski definition) is 5. The summed E-state index contributed by atoms with van der Waals surface area (Å²) in [7, 11) is 0. The number of nitrogens with one attached hydrogen (secondary N) is 1. The van der Waals surface area contributed by atoms with Crippen molar-refractivity contribution in [1.29, 1.82) is 0 Å². The molecule has 1 aliphatic rings. The lowest BCUT2D eigenvalue weighted by Crippen LogP contribution is -2.39. The second kappa shape index (κ2) is 6.29. The first kappa shape index (κ1) is 13.5. The third kappa shape index (κ3) is 4.07. The van der Waals surface area contributed by atoms with Crippen molar-refractivity contribution in [2.75, 3.05) is 25.0 Å². The number of piperidine rings is 1. The normalized spacial score (nSPS) is 17.7. The summed E-state index contributed by atoms with van der Waals surface area (Å²) in [5.41, 5.74) is 1.40. The molecular weight excluding hydrogens is 244 g/mol. The SMILES string of the molecule is CC(C)=CCN1CCC(Nc2nnc(C)s2)CC1. The molecule has 1 N–H and O–H groups in total. The minimum absolute atomic E-state index is 0.556. The third-order valence-electron chi connectivity index (χ3n) is 3.20. The summed E-state index contributed by atoms with van der Waals surface area (Å²) in [5.74, 6) is 0. The highest BCUT2D eigenvalue weighted by molar-refractivity contribution is 7.15. The highest BCUT2D eigenvalue weighted by Gasteiger charge is 2.19. The van der Waals surface area contributed by atoms with E-state index in [1.54, 1.807) is 11.3 Å². The predicted octanol–water partition coefficient (Wildman–Crippen LogP) is 2.69. The average molecular weight is 266 g/mol. The molecule has 4 nitrogen and oxygen atoms in total. The zero-order valence-corrected chi connectivity index (χ0v) is 12.3. The topological polar surface area (TPSA) is 41.0 Å². The van der Waals surface area contributed by atoms with E-state index in [4.69, 9.17) is 0 Å². The van der Waals surface area contributed by atoms with Gasteiger partial charge in [-0.2, -0.15) is 0 Å². The molecule has 2 rings (SSSR count). The van der Waals surface area contributed by atoms with Gasteiger partial charge in [0.25, 0.3) is 0 Å². The molecule has 1 aromatic heterocycles. The van der Waals surface area contributed by atoms with Crippen LogP contribution >= 0.6 is 11.3 Å². The number of nitrogens with zero attached hydrogens (tertiary/aromatic N) is 3. The van der Waals surface area contributed by atoms with Crippen LogP contribution in [-0.2, 0) is 0 Å². The van der Waals surface area contributed by atoms with Crippen LogP contribution in [-0.4, -0.2) is 40.8 Å². The van der Waals surface area contributed by atoms with Crippen molar-refractivity contribution in [3.63, 3.8) is 0 Å². The van der Waals surface area contributed by atoms with Crippen molar-refractivity contribution in [3.05, 3.63) is 16.7 Å². The quantitative estimate of drug-likeness (QED) is 0.851. The van der Waals surface area contributed by atoms with Gasteiger partial charge in [-0.25, -0.2) is 0 Å². The Morgan fingerprint density at radius 3 is 2.67 bits per heavy atom. The van der Waals surface area contributed by atoms with Gasteiger partial charge < -0.3 is 5.32 Å². The minimum atomic E-state index is 0.556. The molecule has 0 radical (unpaired) electrons. The summed E-state index contributed by atoms with van der Waals surface area (Å²) in [6.07, 6.45) is 4.69. The van der Waals surface area contributed by atoms with E-state index < -0.39 is 0 Å². The van der Waals surface area contributed by atoms with Crippen molar-refractivity contribution < 1.29 is 0 Å². The van der Waals surface area contributed by atoms with Crippen LogP contribution in [0.15, 0.2) is 11.6 Å². The van der Waals surface area contributed by atoms with E-state index in [-0.39, 0.29) is 0 Å². The minimum Gasteiger partial charge on any atom is -0.357 e. The van der Waals surface area contributed by atoms with E-state index in [1.807, 2.05) is 6.92 Å². The monoisotopic (exact) mass is 266 g/mol. The maximum atomic E-state index is 4.12. The van der Waals surface area contributed by atoms with Crippen LogP contribution in [0.4, 0.5) is 5.13 Å². The molecule has 100 valence electrons. The van der Waals surface area contributed by atoms with E-state index >= 15 is 0 Å². The Morgan fingerprint density at radius 1 is 1.39 bits per heavy atom. The largest absolute Gasteiger partial charge is 0.357 e. The number of likely N-dealkylation sites (tertiary alicyclic amines) is 1. The van der Waals surface area contributed by atoms with Gasteiger partial charge in [-0.15, -0.1) is 10.2 Å². The fourth-order valence-corrected chi connectivity index (χ4v) is 2.77. The first-order valence-corrected chi connectivity index (χ1v) is 7.37. The number of aromatic nitrogens is 2. The first-order chi connectivity index (χ1) is 8.63. The molecule has 1 fully saturated rings. The summed E-state index contributed by atoms with van der Waals surface area (Å²) >= 11 is 1.64. The Hall–Kier alpha value is -0.940. The molecule has 0 aliphatic carbocycles. The first-order valence-electron chi connectivity index (χ1n) is 6.56. The fourth-order valence-electron chi connectivity index (χ4n) is 2.10. The molecule has 0 saturated carbocycles. The zero-order chi connectivity index (χ0) is 13.0. The van der Waals surface area contributed by atoms with Crippen molar-refractivity contribution in [1.82, 2.24) is 15.1 Å². The second-order valence-electron chi connectivity index (χ2n) is 5.13. The molecule has 1 saturated heterocycles. The number of rotatable bonds is 4. The Morgan fingerprint density at radius 2 is 2.11 bits per heavy atom. The molecule has 18 heavy (non-hydrogen) atoms. The number of anilines is 1. The van der Waals surface area contributed by atoms with Gasteiger partial charge in [-0.3, -0.25) is 4.90 Å². The van der Waals surface area contributed by atoms with Crippen LogP contribution in [0, 0.1) is 6.92 Å². The summed E-state index contributed by atoms with van der Waals surface area (Å²) in [6.45, 7) is 9.73. The van der Waals surface area contributed by atoms with Crippen molar-refractivity contribution in [3.8, 4) is 0 Å². The van der Waals surface area contributed by atoms with Gasteiger partial charge in [-0.1, -0.05) is 23.0 Å². The van der Waals surface area contributed by atoms with E-state index in [0.717, 1.165) is 16.7 Å². The van der Waals surface area contributed by atoms with Crippen LogP contribution in [0.1, 0.15) is 31.7 Å². The molecule has 5 heteroatoms. The lowest BCUT2D eigenvalue weighted by Gasteiger charge is -2.31. The van der Waals surface area contributed by atoms with Gasteiger partial charge in [0.1, 0.15) is 5.01 Å². The summed E-state index contributed by atoms with van der Waals surface area (Å²) in [6, 6.07) is 0.556. The van der Waals surface area contributed by atoms with E-state index in [0.29, 0.717) is 6.04 Å². The van der Waals surface area contributed by atoms with Gasteiger partial charge in [0.05, 0.1) is 0 Å². The molecule has 0 bridgehead atoms. The Bertz CT molecular complexity index is 401. The molecule has 0 unspecified atom stereocenters. The van der Waals surface area contributed by atoms with Crippen molar-refractivity contribution in [2.24, 2.45) is 0 Å². The summed E-state index contributed by atoms with van der Waals surface area (Å²) < 4.78 is 0. The highest BCUT2D eigenvalue weighted by Crippen LogP contribution is 2.19. The van der Waals surface area contributed by atoms with Crippen LogP contribution in [0.25, 0.3) is 0 Å². The summed E-state index contributed by atoms with van der Waals surface area (Å²) in [5, 5.41) is 13.6. The molecular formula is C13H22N4S. The van der Waals surface area contributed by atoms with Gasteiger partial charge in [0.15, 0.2) is 0 Å². The third-order valence-corrected chi connectivity index (χ3v) is 3.97. The van der Waals surface area contributed by atoms with Gasteiger partial charge in [-0.05, 0) is 33.6 Å².